The molecule has 33 heavy (non-hydrogen) atoms. The number of ether oxygens (including phenoxy) is 2. The molecule has 0 atom stereocenters. The second-order valence-electron chi connectivity index (χ2n) is 7.36. The number of carbonyl (C=O) groups is 1. The first kappa shape index (κ1) is 22.8. The average Bonchev–Trinajstić information content (AvgIpc) is 3.07. The Hall–Kier alpha value is -3.41. The molecule has 0 fully saturated rings. The van der Waals surface area contributed by atoms with Crippen LogP contribution in [0.1, 0.15) is 12.0 Å². The van der Waals surface area contributed by atoms with Crippen molar-refractivity contribution >= 4 is 57.0 Å². The van der Waals surface area contributed by atoms with Crippen LogP contribution in [0.5, 0.6) is 5.75 Å². The van der Waals surface area contributed by atoms with Gasteiger partial charge in [0, 0.05) is 16.5 Å². The Balaban J connectivity index is 1.59. The van der Waals surface area contributed by atoms with E-state index < -0.39 is 6.03 Å². The van der Waals surface area contributed by atoms with E-state index in [2.05, 4.69) is 16.7 Å². The lowest BCUT2D eigenvalue weighted by molar-refractivity contribution is 0.262. The van der Waals surface area contributed by atoms with Crippen molar-refractivity contribution in [2.75, 3.05) is 24.9 Å². The smallest absolute Gasteiger partial charge is 0.323 e. The first-order valence-corrected chi connectivity index (χ1v) is 11.0. The van der Waals surface area contributed by atoms with E-state index >= 15 is 0 Å². The highest BCUT2D eigenvalue weighted by molar-refractivity contribution is 6.41. The number of anilines is 2. The molecule has 0 radical (unpaired) electrons. The van der Waals surface area contributed by atoms with Crippen LogP contribution in [0.25, 0.3) is 16.3 Å². The van der Waals surface area contributed by atoms with E-state index in [-0.39, 0.29) is 0 Å². The Labute approximate surface area is 202 Å². The van der Waals surface area contributed by atoms with Gasteiger partial charge in [-0.25, -0.2) is 4.79 Å². The minimum Gasteiger partial charge on any atom is -0.497 e. The zero-order valence-electron chi connectivity index (χ0n) is 18.1. The fourth-order valence-corrected chi connectivity index (χ4v) is 4.21. The molecule has 1 aliphatic rings. The Morgan fingerprint density at radius 1 is 0.939 bits per heavy atom. The molecule has 5 nitrogen and oxygen atoms in total. The molecule has 0 unspecified atom stereocenters. The molecular weight excluding hydrogens is 459 g/mol. The summed E-state index contributed by atoms with van der Waals surface area (Å²) < 4.78 is 10.7. The van der Waals surface area contributed by atoms with Gasteiger partial charge in [0.25, 0.3) is 0 Å². The molecule has 0 spiro atoms. The van der Waals surface area contributed by atoms with Crippen LogP contribution in [0, 0.1) is 0 Å². The summed E-state index contributed by atoms with van der Waals surface area (Å²) >= 11 is 12.8. The van der Waals surface area contributed by atoms with Gasteiger partial charge < -0.3 is 20.1 Å². The Morgan fingerprint density at radius 2 is 1.79 bits per heavy atom. The monoisotopic (exact) mass is 480 g/mol. The maximum Gasteiger partial charge on any atom is 0.323 e. The molecule has 0 saturated carbocycles. The summed E-state index contributed by atoms with van der Waals surface area (Å²) in [5.41, 5.74) is 3.17. The molecule has 3 aromatic carbocycles. The topological polar surface area (TPSA) is 59.6 Å². The van der Waals surface area contributed by atoms with Crippen LogP contribution in [0.2, 0.25) is 10.0 Å². The highest BCUT2D eigenvalue weighted by Crippen LogP contribution is 2.38. The van der Waals surface area contributed by atoms with Crippen LogP contribution < -0.4 is 15.4 Å². The van der Waals surface area contributed by atoms with Crippen LogP contribution in [0.4, 0.5) is 16.2 Å². The first-order valence-electron chi connectivity index (χ1n) is 10.2. The van der Waals surface area contributed by atoms with Crippen molar-refractivity contribution in [2.45, 2.75) is 6.42 Å². The summed E-state index contributed by atoms with van der Waals surface area (Å²) in [6.07, 6.45) is 8.69. The molecule has 0 aliphatic heterocycles. The van der Waals surface area contributed by atoms with Gasteiger partial charge in [-0.15, -0.1) is 0 Å². The van der Waals surface area contributed by atoms with Gasteiger partial charge in [-0.2, -0.15) is 0 Å². The second kappa shape index (κ2) is 10.0. The fraction of sp³-hybridized carbons (Fsp3) is 0.115. The lowest BCUT2D eigenvalue weighted by atomic mass is 10.0. The van der Waals surface area contributed by atoms with Crippen LogP contribution in [-0.4, -0.2) is 20.3 Å². The lowest BCUT2D eigenvalue weighted by Crippen LogP contribution is -2.20. The van der Waals surface area contributed by atoms with Gasteiger partial charge in [-0.3, -0.25) is 0 Å². The molecule has 2 N–H and O–H groups in total. The molecule has 2 amide bonds. The average molecular weight is 481 g/mol. The minimum atomic E-state index is -0.423. The van der Waals surface area contributed by atoms with Gasteiger partial charge in [0.2, 0.25) is 0 Å². The Morgan fingerprint density at radius 3 is 2.58 bits per heavy atom. The van der Waals surface area contributed by atoms with Gasteiger partial charge in [-0.05, 0) is 66.1 Å². The van der Waals surface area contributed by atoms with E-state index in [1.807, 2.05) is 48.6 Å². The van der Waals surface area contributed by atoms with E-state index in [4.69, 9.17) is 32.7 Å². The Kier molecular flexibility index (Phi) is 6.92. The third-order valence-corrected chi connectivity index (χ3v) is 5.87. The normalized spacial score (nSPS) is 13.1. The number of carbonyl (C=O) groups excluding carboxylic acids is 1. The number of benzene rings is 3. The summed E-state index contributed by atoms with van der Waals surface area (Å²) in [6, 6.07) is 14.3. The number of amides is 2. The maximum atomic E-state index is 12.9. The molecule has 0 bridgehead atoms. The standard InChI is InChI=1S/C26H22Cl2N2O3/c1-32-19-9-4-3-6-17(13-19)16-7-5-8-18(12-16)29-26(31)30-25-22-14-20(33-2)10-11-21(22)23(27)15-24(25)28/h3-5,7-15H,6H2,1-2H3,(H2,29,30,31). The number of hydrogen-bond donors (Lipinski definition) is 2. The van der Waals surface area contributed by atoms with Gasteiger partial charge in [0.1, 0.15) is 11.5 Å². The largest absolute Gasteiger partial charge is 0.497 e. The van der Waals surface area contributed by atoms with Gasteiger partial charge >= 0.3 is 6.03 Å². The molecule has 0 saturated heterocycles. The number of fused-ring (bicyclic) bond motifs is 1. The molecule has 168 valence electrons. The SMILES string of the molecule is COC1=CC=CCC(c2cccc(NC(=O)Nc3c(Cl)cc(Cl)c4ccc(OC)cc34)c2)=C1. The molecule has 0 aromatic heterocycles. The van der Waals surface area contributed by atoms with E-state index in [1.54, 1.807) is 32.4 Å². The number of methoxy groups -OCH3 is 2. The summed E-state index contributed by atoms with van der Waals surface area (Å²) in [6.45, 7) is 0. The summed E-state index contributed by atoms with van der Waals surface area (Å²) in [4.78, 5) is 12.9. The van der Waals surface area contributed by atoms with Crippen molar-refractivity contribution in [1.29, 1.82) is 0 Å². The fourth-order valence-electron chi connectivity index (χ4n) is 3.62. The molecule has 3 aromatic rings. The highest BCUT2D eigenvalue weighted by atomic mass is 35.5. The predicted octanol–water partition coefficient (Wildman–Crippen LogP) is 7.67. The molecular formula is C26H22Cl2N2O3. The molecule has 7 heteroatoms. The number of hydrogen-bond acceptors (Lipinski definition) is 3. The molecule has 0 heterocycles. The second-order valence-corrected chi connectivity index (χ2v) is 8.18. The summed E-state index contributed by atoms with van der Waals surface area (Å²) in [5, 5.41) is 8.00. The van der Waals surface area contributed by atoms with Crippen LogP contribution in [-0.2, 0) is 4.74 Å². The van der Waals surface area contributed by atoms with Crippen molar-refractivity contribution in [2.24, 2.45) is 0 Å². The summed E-state index contributed by atoms with van der Waals surface area (Å²) in [5.74, 6) is 1.40. The van der Waals surface area contributed by atoms with Crippen molar-refractivity contribution < 1.29 is 14.3 Å². The van der Waals surface area contributed by atoms with E-state index in [9.17, 15) is 4.79 Å². The maximum absolute atomic E-state index is 12.9. The number of nitrogens with one attached hydrogen (secondary N) is 2. The van der Waals surface area contributed by atoms with Gasteiger partial charge in [-0.1, -0.05) is 47.5 Å². The third-order valence-electron chi connectivity index (χ3n) is 5.26. The van der Waals surface area contributed by atoms with Crippen LogP contribution >= 0.6 is 23.2 Å². The molecule has 1 aliphatic carbocycles. The quantitative estimate of drug-likeness (QED) is 0.393. The lowest BCUT2D eigenvalue weighted by Gasteiger charge is -2.14. The van der Waals surface area contributed by atoms with E-state index in [1.165, 1.54) is 0 Å². The predicted molar refractivity (Wildman–Crippen MR) is 136 cm³/mol. The van der Waals surface area contributed by atoms with Gasteiger partial charge in [0.05, 0.1) is 30.0 Å². The zero-order valence-corrected chi connectivity index (χ0v) is 19.6. The van der Waals surface area contributed by atoms with Crippen molar-refractivity contribution in [3.05, 3.63) is 94.2 Å². The first-order chi connectivity index (χ1) is 16.0. The minimum absolute atomic E-state index is 0.332. The molecule has 4 rings (SSSR count). The third kappa shape index (κ3) is 5.16. The number of allylic oxidation sites excluding steroid dienone is 5. The Bertz CT molecular complexity index is 1310. The van der Waals surface area contributed by atoms with E-state index in [0.717, 1.165) is 28.7 Å². The summed E-state index contributed by atoms with van der Waals surface area (Å²) in [7, 11) is 3.22. The van der Waals surface area contributed by atoms with Gasteiger partial charge in [0.15, 0.2) is 0 Å². The van der Waals surface area contributed by atoms with Crippen LogP contribution in [0.3, 0.4) is 0 Å². The number of urea groups is 1. The van der Waals surface area contributed by atoms with Crippen molar-refractivity contribution in [3.63, 3.8) is 0 Å². The van der Waals surface area contributed by atoms with Crippen LogP contribution in [0.15, 0.2) is 78.6 Å². The highest BCUT2D eigenvalue weighted by Gasteiger charge is 2.14. The van der Waals surface area contributed by atoms with Crippen molar-refractivity contribution in [1.82, 2.24) is 0 Å². The van der Waals surface area contributed by atoms with Crippen molar-refractivity contribution in [3.8, 4) is 5.75 Å². The number of halogens is 2. The number of rotatable bonds is 5. The van der Waals surface area contributed by atoms with E-state index in [0.29, 0.717) is 32.6 Å². The zero-order chi connectivity index (χ0) is 23.4.